The number of hydrogen-bond acceptors (Lipinski definition) is 2. The SMILES string of the molecule is CCCNCc1cc(Br)ccc1Oc1ccc(C)c(F)c1. The third kappa shape index (κ3) is 4.55. The molecule has 1 N–H and O–H groups in total. The molecule has 0 aliphatic heterocycles. The van der Waals surface area contributed by atoms with Crippen molar-refractivity contribution in [1.29, 1.82) is 0 Å². The minimum Gasteiger partial charge on any atom is -0.457 e. The second kappa shape index (κ2) is 7.57. The molecule has 0 heterocycles. The van der Waals surface area contributed by atoms with Crippen LogP contribution in [0.2, 0.25) is 0 Å². The zero-order valence-electron chi connectivity index (χ0n) is 12.2. The van der Waals surface area contributed by atoms with E-state index in [1.165, 1.54) is 6.07 Å². The van der Waals surface area contributed by atoms with Gasteiger partial charge in [-0.25, -0.2) is 4.39 Å². The number of hydrogen-bond donors (Lipinski definition) is 1. The van der Waals surface area contributed by atoms with Crippen molar-refractivity contribution in [2.75, 3.05) is 6.54 Å². The molecule has 0 bridgehead atoms. The van der Waals surface area contributed by atoms with E-state index in [-0.39, 0.29) is 5.82 Å². The highest BCUT2D eigenvalue weighted by Gasteiger charge is 2.07. The maximum atomic E-state index is 13.6. The van der Waals surface area contributed by atoms with Crippen LogP contribution in [0, 0.1) is 12.7 Å². The van der Waals surface area contributed by atoms with Gasteiger partial charge in [-0.3, -0.25) is 0 Å². The van der Waals surface area contributed by atoms with Crippen molar-refractivity contribution >= 4 is 15.9 Å². The molecule has 2 nitrogen and oxygen atoms in total. The van der Waals surface area contributed by atoms with Gasteiger partial charge in [0, 0.05) is 22.6 Å². The molecule has 0 saturated carbocycles. The summed E-state index contributed by atoms with van der Waals surface area (Å²) in [5.41, 5.74) is 1.65. The first-order chi connectivity index (χ1) is 10.1. The molecule has 2 aromatic carbocycles. The Morgan fingerprint density at radius 1 is 1.19 bits per heavy atom. The lowest BCUT2D eigenvalue weighted by atomic mass is 10.2. The lowest BCUT2D eigenvalue weighted by molar-refractivity contribution is 0.466. The topological polar surface area (TPSA) is 21.3 Å². The molecule has 21 heavy (non-hydrogen) atoms. The minimum absolute atomic E-state index is 0.254. The highest BCUT2D eigenvalue weighted by molar-refractivity contribution is 9.10. The fourth-order valence-electron chi connectivity index (χ4n) is 1.95. The lowest BCUT2D eigenvalue weighted by Crippen LogP contribution is -2.14. The van der Waals surface area contributed by atoms with E-state index < -0.39 is 0 Å². The highest BCUT2D eigenvalue weighted by atomic mass is 79.9. The Hall–Kier alpha value is -1.39. The number of ether oxygens (including phenoxy) is 1. The van der Waals surface area contributed by atoms with Crippen LogP contribution < -0.4 is 10.1 Å². The molecule has 0 aliphatic carbocycles. The average molecular weight is 352 g/mol. The van der Waals surface area contributed by atoms with Gasteiger partial charge in [-0.2, -0.15) is 0 Å². The first-order valence-corrected chi connectivity index (χ1v) is 7.82. The van der Waals surface area contributed by atoms with Gasteiger partial charge in [-0.15, -0.1) is 0 Å². The van der Waals surface area contributed by atoms with Gasteiger partial charge in [0.25, 0.3) is 0 Å². The van der Waals surface area contributed by atoms with Gasteiger partial charge < -0.3 is 10.1 Å². The van der Waals surface area contributed by atoms with Crippen LogP contribution in [0.3, 0.4) is 0 Å². The quantitative estimate of drug-likeness (QED) is 0.723. The van der Waals surface area contributed by atoms with Crippen LogP contribution in [-0.2, 0) is 6.54 Å². The molecule has 112 valence electrons. The summed E-state index contributed by atoms with van der Waals surface area (Å²) in [6.07, 6.45) is 1.08. The number of nitrogens with one attached hydrogen (secondary N) is 1. The Bertz CT molecular complexity index is 616. The van der Waals surface area contributed by atoms with Crippen LogP contribution in [0.1, 0.15) is 24.5 Å². The zero-order chi connectivity index (χ0) is 15.2. The van der Waals surface area contributed by atoms with E-state index in [4.69, 9.17) is 4.74 Å². The van der Waals surface area contributed by atoms with Gasteiger partial charge in [-0.05, 0) is 49.7 Å². The molecule has 4 heteroatoms. The Balaban J connectivity index is 2.19. The van der Waals surface area contributed by atoms with Crippen molar-refractivity contribution in [3.8, 4) is 11.5 Å². The van der Waals surface area contributed by atoms with Crippen LogP contribution in [0.25, 0.3) is 0 Å². The fourth-order valence-corrected chi connectivity index (χ4v) is 2.36. The molecule has 0 saturated heterocycles. The van der Waals surface area contributed by atoms with Gasteiger partial charge in [0.2, 0.25) is 0 Å². The first-order valence-electron chi connectivity index (χ1n) is 7.03. The van der Waals surface area contributed by atoms with E-state index in [0.29, 0.717) is 11.3 Å². The second-order valence-corrected chi connectivity index (χ2v) is 5.86. The van der Waals surface area contributed by atoms with Gasteiger partial charge in [0.05, 0.1) is 0 Å². The number of benzene rings is 2. The summed E-state index contributed by atoms with van der Waals surface area (Å²) in [4.78, 5) is 0. The van der Waals surface area contributed by atoms with Crippen molar-refractivity contribution in [2.45, 2.75) is 26.8 Å². The summed E-state index contributed by atoms with van der Waals surface area (Å²) in [5.74, 6) is 0.998. The standard InChI is InChI=1S/C17H19BrFNO/c1-3-8-20-11-13-9-14(18)5-7-17(13)21-15-6-4-12(2)16(19)10-15/h4-7,9-10,20H,3,8,11H2,1-2H3. The van der Waals surface area contributed by atoms with E-state index in [9.17, 15) is 4.39 Å². The van der Waals surface area contributed by atoms with Crippen molar-refractivity contribution in [1.82, 2.24) is 5.32 Å². The molecule has 0 amide bonds. The summed E-state index contributed by atoms with van der Waals surface area (Å²) in [7, 11) is 0. The van der Waals surface area contributed by atoms with E-state index in [1.807, 2.05) is 18.2 Å². The third-order valence-corrected chi connectivity index (χ3v) is 3.63. The van der Waals surface area contributed by atoms with Gasteiger partial charge >= 0.3 is 0 Å². The van der Waals surface area contributed by atoms with Crippen LogP contribution in [0.4, 0.5) is 4.39 Å². The zero-order valence-corrected chi connectivity index (χ0v) is 13.8. The summed E-state index contributed by atoms with van der Waals surface area (Å²) < 4.78 is 20.4. The van der Waals surface area contributed by atoms with Gasteiger partial charge in [-0.1, -0.05) is 28.9 Å². The molecule has 0 radical (unpaired) electrons. The largest absolute Gasteiger partial charge is 0.457 e. The number of aryl methyl sites for hydroxylation is 1. The van der Waals surface area contributed by atoms with E-state index in [0.717, 1.165) is 35.3 Å². The minimum atomic E-state index is -0.254. The number of halogens is 2. The van der Waals surface area contributed by atoms with E-state index in [1.54, 1.807) is 19.1 Å². The summed E-state index contributed by atoms with van der Waals surface area (Å²) in [6.45, 7) is 5.53. The molecule has 2 rings (SSSR count). The van der Waals surface area contributed by atoms with Crippen LogP contribution in [0.15, 0.2) is 40.9 Å². The molecule has 0 aliphatic rings. The Kier molecular flexibility index (Phi) is 5.76. The molecule has 0 unspecified atom stereocenters. The van der Waals surface area contributed by atoms with Gasteiger partial charge in [0.15, 0.2) is 0 Å². The average Bonchev–Trinajstić information content (AvgIpc) is 2.46. The fraction of sp³-hybridized carbons (Fsp3) is 0.294. The van der Waals surface area contributed by atoms with Crippen molar-refractivity contribution in [2.24, 2.45) is 0 Å². The summed E-state index contributed by atoms with van der Waals surface area (Å²) >= 11 is 3.47. The van der Waals surface area contributed by atoms with Crippen molar-refractivity contribution in [3.63, 3.8) is 0 Å². The molecular weight excluding hydrogens is 333 g/mol. The normalized spacial score (nSPS) is 10.7. The summed E-state index contributed by atoms with van der Waals surface area (Å²) in [6, 6.07) is 10.7. The van der Waals surface area contributed by atoms with Gasteiger partial charge in [0.1, 0.15) is 17.3 Å². The van der Waals surface area contributed by atoms with Crippen LogP contribution >= 0.6 is 15.9 Å². The first kappa shape index (κ1) is 16.0. The third-order valence-electron chi connectivity index (χ3n) is 3.14. The monoisotopic (exact) mass is 351 g/mol. The summed E-state index contributed by atoms with van der Waals surface area (Å²) in [5, 5.41) is 3.35. The maximum absolute atomic E-state index is 13.6. The highest BCUT2D eigenvalue weighted by Crippen LogP contribution is 2.29. The maximum Gasteiger partial charge on any atom is 0.131 e. The number of rotatable bonds is 6. The molecule has 0 aromatic heterocycles. The van der Waals surface area contributed by atoms with E-state index >= 15 is 0 Å². The molecule has 0 fully saturated rings. The van der Waals surface area contributed by atoms with Crippen LogP contribution in [-0.4, -0.2) is 6.54 Å². The van der Waals surface area contributed by atoms with Crippen molar-refractivity contribution < 1.29 is 9.13 Å². The lowest BCUT2D eigenvalue weighted by Gasteiger charge is -2.13. The predicted molar refractivity (Wildman–Crippen MR) is 87.4 cm³/mol. The molecule has 2 aromatic rings. The Morgan fingerprint density at radius 3 is 2.71 bits per heavy atom. The molecule has 0 atom stereocenters. The Labute approximate surface area is 133 Å². The predicted octanol–water partition coefficient (Wildman–Crippen LogP) is 5.19. The Morgan fingerprint density at radius 2 is 2.00 bits per heavy atom. The van der Waals surface area contributed by atoms with Crippen molar-refractivity contribution in [3.05, 3.63) is 57.8 Å². The smallest absolute Gasteiger partial charge is 0.131 e. The van der Waals surface area contributed by atoms with Crippen LogP contribution in [0.5, 0.6) is 11.5 Å². The molecule has 0 spiro atoms. The van der Waals surface area contributed by atoms with E-state index in [2.05, 4.69) is 28.2 Å². The molecular formula is C17H19BrFNO. The second-order valence-electron chi connectivity index (χ2n) is 4.94.